The van der Waals surface area contributed by atoms with Crippen molar-refractivity contribution < 1.29 is 14.3 Å². The summed E-state index contributed by atoms with van der Waals surface area (Å²) in [5, 5.41) is 12.3. The van der Waals surface area contributed by atoms with E-state index in [1.807, 2.05) is 56.3 Å². The van der Waals surface area contributed by atoms with Crippen LogP contribution in [0.15, 0.2) is 48.0 Å². The number of nitriles is 1. The molecular formula is C21H21IN2O3. The zero-order valence-electron chi connectivity index (χ0n) is 15.5. The Morgan fingerprint density at radius 3 is 2.63 bits per heavy atom. The van der Waals surface area contributed by atoms with Gasteiger partial charge in [0.2, 0.25) is 0 Å². The van der Waals surface area contributed by atoms with Crippen LogP contribution in [0.2, 0.25) is 0 Å². The fourth-order valence-corrected chi connectivity index (χ4v) is 3.30. The van der Waals surface area contributed by atoms with E-state index in [0.717, 1.165) is 9.13 Å². The molecule has 0 aliphatic rings. The number of halogens is 1. The molecule has 0 radical (unpaired) electrons. The summed E-state index contributed by atoms with van der Waals surface area (Å²) in [7, 11) is 1.56. The van der Waals surface area contributed by atoms with E-state index in [1.165, 1.54) is 0 Å². The summed E-state index contributed by atoms with van der Waals surface area (Å²) in [6.45, 7) is 4.30. The first-order valence-electron chi connectivity index (χ1n) is 8.48. The predicted octanol–water partition coefficient (Wildman–Crippen LogP) is 4.48. The molecule has 0 saturated carbocycles. The average Bonchev–Trinajstić information content (AvgIpc) is 2.68. The number of benzene rings is 2. The molecule has 0 unspecified atom stereocenters. The van der Waals surface area contributed by atoms with E-state index in [-0.39, 0.29) is 11.6 Å². The largest absolute Gasteiger partial charge is 0.493 e. The Balaban J connectivity index is 2.26. The SMILES string of the molecule is CCOc1c(I)cc(/C=C(\C#N)C(=O)N[C@H](C)c2ccccc2)cc1OC. The van der Waals surface area contributed by atoms with Gasteiger partial charge in [-0.1, -0.05) is 30.3 Å². The van der Waals surface area contributed by atoms with Crippen molar-refractivity contribution in [2.45, 2.75) is 19.9 Å². The monoisotopic (exact) mass is 476 g/mol. The normalized spacial score (nSPS) is 12.0. The number of carbonyl (C=O) groups excluding carboxylic acids is 1. The maximum absolute atomic E-state index is 12.5. The Hall–Kier alpha value is -2.53. The summed E-state index contributed by atoms with van der Waals surface area (Å²) in [6, 6.07) is 15.0. The highest BCUT2D eigenvalue weighted by Gasteiger charge is 2.15. The topological polar surface area (TPSA) is 71.3 Å². The van der Waals surface area contributed by atoms with E-state index >= 15 is 0 Å². The van der Waals surface area contributed by atoms with Crippen LogP contribution in [0.5, 0.6) is 11.5 Å². The van der Waals surface area contributed by atoms with Crippen molar-refractivity contribution in [3.63, 3.8) is 0 Å². The molecule has 0 heterocycles. The van der Waals surface area contributed by atoms with E-state index in [0.29, 0.717) is 23.7 Å². The van der Waals surface area contributed by atoms with Crippen LogP contribution >= 0.6 is 22.6 Å². The minimum absolute atomic E-state index is 0.0276. The summed E-state index contributed by atoms with van der Waals surface area (Å²) in [6.07, 6.45) is 1.55. The highest BCUT2D eigenvalue weighted by atomic mass is 127. The van der Waals surface area contributed by atoms with E-state index in [1.54, 1.807) is 19.3 Å². The molecule has 27 heavy (non-hydrogen) atoms. The summed E-state index contributed by atoms with van der Waals surface area (Å²) < 4.78 is 11.8. The number of carbonyl (C=O) groups is 1. The molecule has 0 spiro atoms. The lowest BCUT2D eigenvalue weighted by Gasteiger charge is -2.14. The van der Waals surface area contributed by atoms with Gasteiger partial charge in [0.15, 0.2) is 11.5 Å². The van der Waals surface area contributed by atoms with Crippen LogP contribution < -0.4 is 14.8 Å². The lowest BCUT2D eigenvalue weighted by Crippen LogP contribution is -2.27. The van der Waals surface area contributed by atoms with Crippen LogP contribution in [0.1, 0.15) is 31.0 Å². The molecule has 0 aliphatic carbocycles. The van der Waals surface area contributed by atoms with Crippen molar-refractivity contribution in [3.8, 4) is 17.6 Å². The fraction of sp³-hybridized carbons (Fsp3) is 0.238. The van der Waals surface area contributed by atoms with Gasteiger partial charge in [0.25, 0.3) is 5.91 Å². The molecule has 2 aromatic carbocycles. The molecule has 1 amide bonds. The highest BCUT2D eigenvalue weighted by Crippen LogP contribution is 2.34. The van der Waals surface area contributed by atoms with Gasteiger partial charge >= 0.3 is 0 Å². The number of ether oxygens (including phenoxy) is 2. The Labute approximate surface area is 173 Å². The van der Waals surface area contributed by atoms with E-state index in [4.69, 9.17) is 9.47 Å². The lowest BCUT2D eigenvalue weighted by molar-refractivity contribution is -0.117. The molecule has 140 valence electrons. The summed E-state index contributed by atoms with van der Waals surface area (Å²) in [5.74, 6) is 0.792. The van der Waals surface area contributed by atoms with Gasteiger partial charge in [0, 0.05) is 0 Å². The Kier molecular flexibility index (Phi) is 7.67. The molecule has 2 aromatic rings. The lowest BCUT2D eigenvalue weighted by atomic mass is 10.1. The smallest absolute Gasteiger partial charge is 0.262 e. The second-order valence-electron chi connectivity index (χ2n) is 5.74. The molecule has 0 saturated heterocycles. The number of hydrogen-bond acceptors (Lipinski definition) is 4. The first kappa shape index (κ1) is 20.8. The second-order valence-corrected chi connectivity index (χ2v) is 6.90. The van der Waals surface area contributed by atoms with Gasteiger partial charge in [0.05, 0.1) is 23.3 Å². The highest BCUT2D eigenvalue weighted by molar-refractivity contribution is 14.1. The van der Waals surface area contributed by atoms with Gasteiger partial charge in [-0.05, 0) is 65.8 Å². The van der Waals surface area contributed by atoms with Crippen molar-refractivity contribution in [1.82, 2.24) is 5.32 Å². The second kappa shape index (κ2) is 9.97. The minimum Gasteiger partial charge on any atom is -0.493 e. The Morgan fingerprint density at radius 1 is 1.33 bits per heavy atom. The molecule has 5 nitrogen and oxygen atoms in total. The van der Waals surface area contributed by atoms with Crippen LogP contribution in [-0.4, -0.2) is 19.6 Å². The van der Waals surface area contributed by atoms with Crippen molar-refractivity contribution in [3.05, 3.63) is 62.7 Å². The third kappa shape index (κ3) is 5.47. The summed E-state index contributed by atoms with van der Waals surface area (Å²) >= 11 is 2.14. The maximum Gasteiger partial charge on any atom is 0.262 e. The van der Waals surface area contributed by atoms with Crippen molar-refractivity contribution in [1.29, 1.82) is 5.26 Å². The maximum atomic E-state index is 12.5. The fourth-order valence-electron chi connectivity index (χ4n) is 2.52. The van der Waals surface area contributed by atoms with Gasteiger partial charge in [0.1, 0.15) is 11.6 Å². The molecule has 0 aromatic heterocycles. The number of nitrogens with zero attached hydrogens (tertiary/aromatic N) is 1. The molecule has 1 atom stereocenters. The van der Waals surface area contributed by atoms with Gasteiger partial charge < -0.3 is 14.8 Å². The van der Waals surface area contributed by atoms with Crippen LogP contribution in [0, 0.1) is 14.9 Å². The molecule has 0 fully saturated rings. The number of hydrogen-bond donors (Lipinski definition) is 1. The number of nitrogens with one attached hydrogen (secondary N) is 1. The molecular weight excluding hydrogens is 455 g/mol. The zero-order valence-corrected chi connectivity index (χ0v) is 17.6. The number of methoxy groups -OCH3 is 1. The predicted molar refractivity (Wildman–Crippen MR) is 113 cm³/mol. The molecule has 0 bridgehead atoms. The molecule has 0 aliphatic heterocycles. The van der Waals surface area contributed by atoms with Crippen LogP contribution in [-0.2, 0) is 4.79 Å². The van der Waals surface area contributed by atoms with Crippen LogP contribution in [0.3, 0.4) is 0 Å². The van der Waals surface area contributed by atoms with Crippen LogP contribution in [0.25, 0.3) is 6.08 Å². The molecule has 2 rings (SSSR count). The standard InChI is InChI=1S/C21H21IN2O3/c1-4-27-20-18(22)11-15(12-19(20)26-3)10-17(13-23)21(25)24-14(2)16-8-6-5-7-9-16/h5-12,14H,4H2,1-3H3,(H,24,25)/b17-10+/t14-/m1/s1. The van der Waals surface area contributed by atoms with Crippen LogP contribution in [0.4, 0.5) is 0 Å². The van der Waals surface area contributed by atoms with Gasteiger partial charge in [-0.15, -0.1) is 0 Å². The number of amides is 1. The minimum atomic E-state index is -0.420. The quantitative estimate of drug-likeness (QED) is 0.364. The zero-order chi connectivity index (χ0) is 19.8. The third-order valence-corrected chi connectivity index (χ3v) is 4.66. The molecule has 6 heteroatoms. The first-order chi connectivity index (χ1) is 13.0. The van der Waals surface area contributed by atoms with E-state index < -0.39 is 5.91 Å². The van der Waals surface area contributed by atoms with Gasteiger partial charge in [-0.3, -0.25) is 4.79 Å². The third-order valence-electron chi connectivity index (χ3n) is 3.86. The summed E-state index contributed by atoms with van der Waals surface area (Å²) in [5.41, 5.74) is 1.69. The van der Waals surface area contributed by atoms with E-state index in [2.05, 4.69) is 27.9 Å². The molecule has 1 N–H and O–H groups in total. The Bertz CT molecular complexity index is 873. The summed E-state index contributed by atoms with van der Waals surface area (Å²) in [4.78, 5) is 12.5. The number of rotatable bonds is 7. The van der Waals surface area contributed by atoms with Crippen molar-refractivity contribution >= 4 is 34.6 Å². The Morgan fingerprint density at radius 2 is 2.04 bits per heavy atom. The average molecular weight is 476 g/mol. The van der Waals surface area contributed by atoms with Gasteiger partial charge in [-0.25, -0.2) is 0 Å². The van der Waals surface area contributed by atoms with Crippen molar-refractivity contribution in [2.24, 2.45) is 0 Å². The van der Waals surface area contributed by atoms with Gasteiger partial charge in [-0.2, -0.15) is 5.26 Å². The van der Waals surface area contributed by atoms with Crippen molar-refractivity contribution in [2.75, 3.05) is 13.7 Å². The van der Waals surface area contributed by atoms with E-state index in [9.17, 15) is 10.1 Å². The first-order valence-corrected chi connectivity index (χ1v) is 9.56.